The van der Waals surface area contributed by atoms with Gasteiger partial charge >= 0.3 is 0 Å². The fourth-order valence-electron chi connectivity index (χ4n) is 3.79. The zero-order valence-corrected chi connectivity index (χ0v) is 19.4. The van der Waals surface area contributed by atoms with Crippen molar-refractivity contribution in [3.63, 3.8) is 0 Å². The lowest BCUT2D eigenvalue weighted by atomic mass is 9.96. The molecule has 174 valence electrons. The van der Waals surface area contributed by atoms with E-state index in [0.29, 0.717) is 46.5 Å². The smallest absolute Gasteiger partial charge is 0.273 e. The quantitative estimate of drug-likeness (QED) is 0.541. The molecular weight excluding hydrogens is 444 g/mol. The minimum Gasteiger partial charge on any atom is -0.497 e. The van der Waals surface area contributed by atoms with Crippen LogP contribution < -0.4 is 25.8 Å². The van der Waals surface area contributed by atoms with Gasteiger partial charge in [-0.15, -0.1) is 0 Å². The summed E-state index contributed by atoms with van der Waals surface area (Å²) < 4.78 is 6.85. The van der Waals surface area contributed by atoms with Gasteiger partial charge in [-0.2, -0.15) is 4.98 Å². The second kappa shape index (κ2) is 9.99. The number of piperidine rings is 1. The molecule has 1 fully saturated rings. The molecular formula is C22H26N6O4S. The van der Waals surface area contributed by atoms with E-state index in [2.05, 4.69) is 25.5 Å². The van der Waals surface area contributed by atoms with Crippen LogP contribution in [0.25, 0.3) is 10.3 Å². The molecule has 10 nitrogen and oxygen atoms in total. The summed E-state index contributed by atoms with van der Waals surface area (Å²) in [6.07, 6.45) is 2.83. The van der Waals surface area contributed by atoms with Crippen LogP contribution in [0.5, 0.6) is 5.75 Å². The Morgan fingerprint density at radius 1 is 1.27 bits per heavy atom. The van der Waals surface area contributed by atoms with Crippen molar-refractivity contribution < 1.29 is 14.3 Å². The highest BCUT2D eigenvalue weighted by Crippen LogP contribution is 2.29. The number of ether oxygens (including phenoxy) is 1. The van der Waals surface area contributed by atoms with Crippen LogP contribution in [0.2, 0.25) is 0 Å². The number of anilines is 2. The van der Waals surface area contributed by atoms with E-state index >= 15 is 0 Å². The fourth-order valence-corrected chi connectivity index (χ4v) is 4.81. The molecule has 0 aliphatic carbocycles. The first-order valence-electron chi connectivity index (χ1n) is 10.8. The number of methoxy groups -OCH3 is 1. The van der Waals surface area contributed by atoms with Gasteiger partial charge in [-0.05, 0) is 31.9 Å². The normalized spacial score (nSPS) is 14.3. The maximum absolute atomic E-state index is 12.9. The zero-order valence-electron chi connectivity index (χ0n) is 18.5. The minimum absolute atomic E-state index is 0.00836. The molecule has 0 atom stereocenters. The standard InChI is InChI=1S/C22H26N6O4S/c1-3-23-20(30)14-7-9-27(10-8-14)22-26-19-18(33-22)21(31)28(13-24-19)12-17(29)25-15-5-4-6-16(11-15)32-2/h4-6,11,13-14H,3,7-10,12H2,1-2H3,(H,23,30)(H,25,29). The van der Waals surface area contributed by atoms with Crippen LogP contribution in [0.15, 0.2) is 35.4 Å². The lowest BCUT2D eigenvalue weighted by molar-refractivity contribution is -0.125. The monoisotopic (exact) mass is 470 g/mol. The highest BCUT2D eigenvalue weighted by Gasteiger charge is 2.26. The van der Waals surface area contributed by atoms with Crippen molar-refractivity contribution in [2.75, 3.05) is 37.0 Å². The predicted molar refractivity (Wildman–Crippen MR) is 127 cm³/mol. The van der Waals surface area contributed by atoms with Gasteiger partial charge in [0.25, 0.3) is 5.56 Å². The zero-order chi connectivity index (χ0) is 23.4. The Labute approximate surface area is 194 Å². The van der Waals surface area contributed by atoms with E-state index in [4.69, 9.17) is 4.74 Å². The molecule has 1 aliphatic rings. The van der Waals surface area contributed by atoms with E-state index in [1.807, 2.05) is 6.92 Å². The molecule has 33 heavy (non-hydrogen) atoms. The van der Waals surface area contributed by atoms with E-state index in [0.717, 1.165) is 12.8 Å². The molecule has 2 aromatic heterocycles. The third-order valence-electron chi connectivity index (χ3n) is 5.53. The average Bonchev–Trinajstić information content (AvgIpc) is 3.26. The summed E-state index contributed by atoms with van der Waals surface area (Å²) in [6.45, 7) is 3.77. The molecule has 0 bridgehead atoms. The van der Waals surface area contributed by atoms with Gasteiger partial charge in [-0.1, -0.05) is 17.4 Å². The highest BCUT2D eigenvalue weighted by molar-refractivity contribution is 7.22. The van der Waals surface area contributed by atoms with Crippen molar-refractivity contribution in [3.8, 4) is 5.75 Å². The van der Waals surface area contributed by atoms with Crippen LogP contribution in [0, 0.1) is 5.92 Å². The summed E-state index contributed by atoms with van der Waals surface area (Å²) in [4.78, 5) is 48.4. The van der Waals surface area contributed by atoms with E-state index in [-0.39, 0.29) is 29.8 Å². The summed E-state index contributed by atoms with van der Waals surface area (Å²) in [5.41, 5.74) is 0.648. The second-order valence-corrected chi connectivity index (χ2v) is 8.74. The van der Waals surface area contributed by atoms with Gasteiger partial charge in [0.05, 0.1) is 7.11 Å². The van der Waals surface area contributed by atoms with Crippen molar-refractivity contribution >= 4 is 44.3 Å². The Morgan fingerprint density at radius 2 is 2.06 bits per heavy atom. The van der Waals surface area contributed by atoms with Crippen molar-refractivity contribution in [1.82, 2.24) is 19.9 Å². The Kier molecular flexibility index (Phi) is 6.87. The predicted octanol–water partition coefficient (Wildman–Crippen LogP) is 1.85. The number of benzene rings is 1. The first-order valence-corrected chi connectivity index (χ1v) is 11.6. The SMILES string of the molecule is CCNC(=O)C1CCN(c2nc3ncn(CC(=O)Nc4cccc(OC)c4)c(=O)c3s2)CC1. The molecule has 1 aliphatic heterocycles. The molecule has 0 spiro atoms. The number of rotatable bonds is 7. The fraction of sp³-hybridized carbons (Fsp3) is 0.409. The van der Waals surface area contributed by atoms with Crippen molar-refractivity contribution in [3.05, 3.63) is 40.9 Å². The van der Waals surface area contributed by atoms with E-state index in [9.17, 15) is 14.4 Å². The summed E-state index contributed by atoms with van der Waals surface area (Å²) in [5, 5.41) is 6.35. The summed E-state index contributed by atoms with van der Waals surface area (Å²) in [5.74, 6) is 0.385. The van der Waals surface area contributed by atoms with Crippen LogP contribution in [-0.2, 0) is 16.1 Å². The average molecular weight is 471 g/mol. The summed E-state index contributed by atoms with van der Waals surface area (Å²) in [6, 6.07) is 7.00. The number of amides is 2. The van der Waals surface area contributed by atoms with Gasteiger partial charge in [0.15, 0.2) is 10.8 Å². The van der Waals surface area contributed by atoms with Crippen LogP contribution in [0.1, 0.15) is 19.8 Å². The lowest BCUT2D eigenvalue weighted by Gasteiger charge is -2.30. The number of aromatic nitrogens is 3. The van der Waals surface area contributed by atoms with Crippen molar-refractivity contribution in [2.24, 2.45) is 5.92 Å². The number of hydrogen-bond donors (Lipinski definition) is 2. The first kappa shape index (κ1) is 22.7. The Balaban J connectivity index is 1.44. The molecule has 3 aromatic rings. The van der Waals surface area contributed by atoms with Crippen molar-refractivity contribution in [1.29, 1.82) is 0 Å². The van der Waals surface area contributed by atoms with E-state index in [1.165, 1.54) is 22.2 Å². The number of fused-ring (bicyclic) bond motifs is 1. The molecule has 3 heterocycles. The molecule has 0 radical (unpaired) electrons. The highest BCUT2D eigenvalue weighted by atomic mass is 32.1. The largest absolute Gasteiger partial charge is 0.497 e. The Hall–Kier alpha value is -3.47. The number of nitrogens with one attached hydrogen (secondary N) is 2. The topological polar surface area (TPSA) is 118 Å². The molecule has 4 rings (SSSR count). The number of nitrogens with zero attached hydrogens (tertiary/aromatic N) is 4. The molecule has 1 aromatic carbocycles. The van der Waals surface area contributed by atoms with Gasteiger partial charge in [-0.25, -0.2) is 4.98 Å². The molecule has 0 saturated carbocycles. The van der Waals surface area contributed by atoms with Gasteiger partial charge < -0.3 is 20.3 Å². The van der Waals surface area contributed by atoms with E-state index < -0.39 is 0 Å². The number of hydrogen-bond acceptors (Lipinski definition) is 8. The number of carbonyl (C=O) groups excluding carboxylic acids is 2. The van der Waals surface area contributed by atoms with Crippen LogP contribution in [0.4, 0.5) is 10.8 Å². The second-order valence-electron chi connectivity index (χ2n) is 7.76. The summed E-state index contributed by atoms with van der Waals surface area (Å²) >= 11 is 1.27. The van der Waals surface area contributed by atoms with Gasteiger partial charge in [-0.3, -0.25) is 19.0 Å². The van der Waals surface area contributed by atoms with Crippen LogP contribution in [-0.4, -0.2) is 53.1 Å². The molecule has 1 saturated heterocycles. The number of carbonyl (C=O) groups is 2. The first-order chi connectivity index (χ1) is 16.0. The molecule has 2 amide bonds. The maximum atomic E-state index is 12.9. The lowest BCUT2D eigenvalue weighted by Crippen LogP contribution is -2.40. The molecule has 11 heteroatoms. The van der Waals surface area contributed by atoms with Gasteiger partial charge in [0.1, 0.15) is 23.3 Å². The molecule has 2 N–H and O–H groups in total. The Bertz CT molecular complexity index is 1220. The summed E-state index contributed by atoms with van der Waals surface area (Å²) in [7, 11) is 1.55. The van der Waals surface area contributed by atoms with Crippen LogP contribution in [0.3, 0.4) is 0 Å². The minimum atomic E-state index is -0.344. The van der Waals surface area contributed by atoms with Gasteiger partial charge in [0, 0.05) is 37.3 Å². The van der Waals surface area contributed by atoms with Gasteiger partial charge in [0.2, 0.25) is 11.8 Å². The third kappa shape index (κ3) is 5.14. The van der Waals surface area contributed by atoms with E-state index in [1.54, 1.807) is 31.4 Å². The maximum Gasteiger partial charge on any atom is 0.273 e. The number of thiazole rings is 1. The Morgan fingerprint density at radius 3 is 2.79 bits per heavy atom. The third-order valence-corrected chi connectivity index (χ3v) is 6.62. The molecule has 0 unspecified atom stereocenters. The van der Waals surface area contributed by atoms with Crippen LogP contribution >= 0.6 is 11.3 Å². The van der Waals surface area contributed by atoms with Crippen molar-refractivity contribution in [2.45, 2.75) is 26.3 Å².